The molecule has 0 aliphatic carbocycles. The summed E-state index contributed by atoms with van der Waals surface area (Å²) in [4.78, 5) is 32.0. The Hall–Kier alpha value is -2.17. The zero-order valence-electron chi connectivity index (χ0n) is 23.0. The van der Waals surface area contributed by atoms with Gasteiger partial charge in [-0.2, -0.15) is 0 Å². The molecule has 1 aliphatic rings. The highest BCUT2D eigenvalue weighted by Gasteiger charge is 2.28. The fourth-order valence-electron chi connectivity index (χ4n) is 3.82. The minimum absolute atomic E-state index is 0.191. The molecule has 204 valence electrons. The third kappa shape index (κ3) is 9.57. The number of fused-ring (bicyclic) bond motifs is 1. The molecular formula is C27H40N4O4S2. The monoisotopic (exact) mass is 548 g/mol. The standard InChI is InChI=1S/C27H40N4O4S2/c1-19-18-30(25(33)35-27(5,6)7)14-8-15-31(19)37-21-9-10-22-20(17-21)11-12-28-23(22)36-16-13-29-24(32)34-26(2,3)4/h9-12,17,19H,8,13-16,18H2,1-7H3,(H,29,32)/t19-/m0/s1. The number of nitrogens with one attached hydrogen (secondary N) is 1. The van der Waals surface area contributed by atoms with Crippen molar-refractivity contribution in [2.24, 2.45) is 0 Å². The summed E-state index contributed by atoms with van der Waals surface area (Å²) in [5, 5.41) is 5.95. The van der Waals surface area contributed by atoms with E-state index in [9.17, 15) is 9.59 Å². The number of pyridine rings is 1. The SMILES string of the molecule is C[C@H]1CN(C(=O)OC(C)(C)C)CCCN1Sc1ccc2c(SCCNC(=O)OC(C)(C)C)nccc2c1. The first-order chi connectivity index (χ1) is 17.3. The number of ether oxygens (including phenoxy) is 2. The van der Waals surface area contributed by atoms with Crippen LogP contribution in [0.15, 0.2) is 40.4 Å². The molecule has 1 N–H and O–H groups in total. The van der Waals surface area contributed by atoms with Gasteiger partial charge in [0, 0.05) is 54.5 Å². The van der Waals surface area contributed by atoms with Crippen molar-refractivity contribution >= 4 is 46.7 Å². The molecule has 8 nitrogen and oxygen atoms in total. The highest BCUT2D eigenvalue weighted by Crippen LogP contribution is 2.32. The number of carbonyl (C=O) groups excluding carboxylic acids is 2. The maximum atomic E-state index is 12.6. The number of carbonyl (C=O) groups is 2. The Morgan fingerprint density at radius 1 is 1.08 bits per heavy atom. The van der Waals surface area contributed by atoms with Crippen LogP contribution in [-0.2, 0) is 9.47 Å². The molecule has 2 heterocycles. The molecule has 0 saturated carbocycles. The predicted molar refractivity (Wildman–Crippen MR) is 151 cm³/mol. The van der Waals surface area contributed by atoms with Crippen molar-refractivity contribution in [2.75, 3.05) is 31.9 Å². The molecule has 1 fully saturated rings. The van der Waals surface area contributed by atoms with Crippen LogP contribution in [0.3, 0.4) is 0 Å². The number of benzene rings is 1. The summed E-state index contributed by atoms with van der Waals surface area (Å²) in [6.45, 7) is 16.1. The molecular weight excluding hydrogens is 508 g/mol. The summed E-state index contributed by atoms with van der Waals surface area (Å²) in [5.41, 5.74) is -1.00. The smallest absolute Gasteiger partial charge is 0.410 e. The van der Waals surface area contributed by atoms with E-state index in [1.807, 2.05) is 58.7 Å². The number of nitrogens with zero attached hydrogens (tertiary/aromatic N) is 3. The quantitative estimate of drug-likeness (QED) is 0.260. The number of rotatable bonds is 6. The second-order valence-corrected chi connectivity index (χ2v) is 13.3. The molecule has 2 amide bonds. The lowest BCUT2D eigenvalue weighted by molar-refractivity contribution is 0.0244. The van der Waals surface area contributed by atoms with E-state index in [1.54, 1.807) is 23.7 Å². The van der Waals surface area contributed by atoms with Crippen LogP contribution in [0.4, 0.5) is 9.59 Å². The molecule has 2 aromatic rings. The number of alkyl carbamates (subject to hydrolysis) is 1. The van der Waals surface area contributed by atoms with E-state index in [4.69, 9.17) is 9.47 Å². The molecule has 1 aliphatic heterocycles. The molecule has 37 heavy (non-hydrogen) atoms. The van der Waals surface area contributed by atoms with Gasteiger partial charge in [-0.3, -0.25) is 0 Å². The maximum Gasteiger partial charge on any atom is 0.410 e. The van der Waals surface area contributed by atoms with Gasteiger partial charge in [0.05, 0.1) is 0 Å². The minimum atomic E-state index is -0.507. The van der Waals surface area contributed by atoms with E-state index in [2.05, 4.69) is 39.7 Å². The Morgan fingerprint density at radius 2 is 1.81 bits per heavy atom. The minimum Gasteiger partial charge on any atom is -0.444 e. The largest absolute Gasteiger partial charge is 0.444 e. The van der Waals surface area contributed by atoms with E-state index in [0.29, 0.717) is 25.4 Å². The fourth-order valence-corrected chi connectivity index (χ4v) is 5.74. The highest BCUT2D eigenvalue weighted by molar-refractivity contribution is 7.99. The summed E-state index contributed by atoms with van der Waals surface area (Å²) in [7, 11) is 0. The Labute approximate surface area is 229 Å². The van der Waals surface area contributed by atoms with Gasteiger partial charge in [0.15, 0.2) is 0 Å². The van der Waals surface area contributed by atoms with E-state index in [1.165, 1.54) is 0 Å². The van der Waals surface area contributed by atoms with Crippen molar-refractivity contribution in [1.29, 1.82) is 0 Å². The third-order valence-corrected chi connectivity index (χ3v) is 7.61. The molecule has 1 saturated heterocycles. The van der Waals surface area contributed by atoms with Gasteiger partial charge in [0.25, 0.3) is 0 Å². The van der Waals surface area contributed by atoms with Crippen molar-refractivity contribution in [3.63, 3.8) is 0 Å². The summed E-state index contributed by atoms with van der Waals surface area (Å²) in [5.74, 6) is 0.696. The van der Waals surface area contributed by atoms with Gasteiger partial charge in [0.1, 0.15) is 16.2 Å². The zero-order chi connectivity index (χ0) is 27.2. The van der Waals surface area contributed by atoms with Gasteiger partial charge in [-0.05, 0) is 90.4 Å². The van der Waals surface area contributed by atoms with Gasteiger partial charge < -0.3 is 19.7 Å². The normalized spacial score (nSPS) is 17.4. The first-order valence-electron chi connectivity index (χ1n) is 12.7. The maximum absolute atomic E-state index is 12.6. The second kappa shape index (κ2) is 12.6. The van der Waals surface area contributed by atoms with Crippen LogP contribution in [0, 0.1) is 0 Å². The zero-order valence-corrected chi connectivity index (χ0v) is 24.6. The lowest BCUT2D eigenvalue weighted by atomic mass is 10.2. The van der Waals surface area contributed by atoms with Crippen molar-refractivity contribution < 1.29 is 19.1 Å². The highest BCUT2D eigenvalue weighted by atomic mass is 32.2. The van der Waals surface area contributed by atoms with Gasteiger partial charge in [-0.25, -0.2) is 18.9 Å². The van der Waals surface area contributed by atoms with Crippen LogP contribution in [0.5, 0.6) is 0 Å². The van der Waals surface area contributed by atoms with Gasteiger partial charge in [-0.15, -0.1) is 11.8 Å². The molecule has 10 heteroatoms. The lowest BCUT2D eigenvalue weighted by Crippen LogP contribution is -2.41. The first kappa shape index (κ1) is 29.4. The number of hydrogen-bond acceptors (Lipinski definition) is 8. The molecule has 0 unspecified atom stereocenters. The van der Waals surface area contributed by atoms with Crippen LogP contribution in [0.25, 0.3) is 10.8 Å². The molecule has 1 aromatic heterocycles. The number of aromatic nitrogens is 1. The average Bonchev–Trinajstić information content (AvgIpc) is 2.96. The lowest BCUT2D eigenvalue weighted by Gasteiger charge is -2.29. The van der Waals surface area contributed by atoms with E-state index < -0.39 is 17.3 Å². The summed E-state index contributed by atoms with van der Waals surface area (Å²) < 4.78 is 13.2. The van der Waals surface area contributed by atoms with Crippen molar-refractivity contribution in [3.05, 3.63) is 30.5 Å². The Bertz CT molecular complexity index is 1080. The van der Waals surface area contributed by atoms with Crippen LogP contribution < -0.4 is 5.32 Å². The molecule has 0 radical (unpaired) electrons. The Balaban J connectivity index is 1.58. The number of amides is 2. The Morgan fingerprint density at radius 3 is 2.51 bits per heavy atom. The van der Waals surface area contributed by atoms with Crippen LogP contribution >= 0.6 is 23.7 Å². The topological polar surface area (TPSA) is 84.0 Å². The van der Waals surface area contributed by atoms with Gasteiger partial charge >= 0.3 is 12.2 Å². The molecule has 0 spiro atoms. The molecule has 3 rings (SSSR count). The fraction of sp³-hybridized carbons (Fsp3) is 0.593. The van der Waals surface area contributed by atoms with Crippen molar-refractivity contribution in [2.45, 2.75) is 82.1 Å². The van der Waals surface area contributed by atoms with Crippen LogP contribution in [0.1, 0.15) is 54.9 Å². The predicted octanol–water partition coefficient (Wildman–Crippen LogP) is 6.19. The average molecular weight is 549 g/mol. The molecule has 1 atom stereocenters. The summed E-state index contributed by atoms with van der Waals surface area (Å²) >= 11 is 3.34. The van der Waals surface area contributed by atoms with Crippen molar-refractivity contribution in [3.8, 4) is 0 Å². The number of hydrogen-bond donors (Lipinski definition) is 1. The van der Waals surface area contributed by atoms with E-state index in [-0.39, 0.29) is 12.1 Å². The first-order valence-corrected chi connectivity index (χ1v) is 14.5. The van der Waals surface area contributed by atoms with E-state index >= 15 is 0 Å². The second-order valence-electron chi connectivity index (χ2n) is 11.1. The van der Waals surface area contributed by atoms with Crippen LogP contribution in [0.2, 0.25) is 0 Å². The van der Waals surface area contributed by atoms with Crippen molar-refractivity contribution in [1.82, 2.24) is 19.5 Å². The Kier molecular flexibility index (Phi) is 9.99. The number of thioether (sulfide) groups is 1. The molecule has 0 bridgehead atoms. The summed E-state index contributed by atoms with van der Waals surface area (Å²) in [6, 6.07) is 8.65. The van der Waals surface area contributed by atoms with Crippen LogP contribution in [-0.4, -0.2) is 75.6 Å². The summed E-state index contributed by atoms with van der Waals surface area (Å²) in [6.07, 6.45) is 2.08. The van der Waals surface area contributed by atoms with E-state index in [0.717, 1.165) is 33.7 Å². The van der Waals surface area contributed by atoms with Gasteiger partial charge in [-0.1, -0.05) is 6.07 Å². The molecule has 1 aromatic carbocycles. The third-order valence-electron chi connectivity index (χ3n) is 5.37. The van der Waals surface area contributed by atoms with Gasteiger partial charge in [0.2, 0.25) is 0 Å².